The molecule has 0 heterocycles. The molecule has 1 N–H and O–H groups in total. The van der Waals surface area contributed by atoms with Crippen LogP contribution in [-0.2, 0) is 6.42 Å². The van der Waals surface area contributed by atoms with Crippen LogP contribution in [0.4, 0.5) is 15.8 Å². The molecule has 0 radical (unpaired) electrons. The summed E-state index contributed by atoms with van der Waals surface area (Å²) < 4.78 is 12.8. The Morgan fingerprint density at radius 2 is 1.95 bits per heavy atom. The van der Waals surface area contributed by atoms with Gasteiger partial charge in [0, 0.05) is 18.3 Å². The molecule has 0 fully saturated rings. The molecule has 0 atom stereocenters. The smallest absolute Gasteiger partial charge is 0.289 e. The monoisotopic (exact) mass is 285 g/mol. The predicted molar refractivity (Wildman–Crippen MR) is 76.4 cm³/mol. The Kier molecular flexibility index (Phi) is 4.46. The van der Waals surface area contributed by atoms with Gasteiger partial charge >= 0.3 is 0 Å². The summed E-state index contributed by atoms with van der Waals surface area (Å²) in [5.74, 6) is -0.283. The predicted octanol–water partition coefficient (Wildman–Crippen LogP) is 3.26. The Labute approximate surface area is 120 Å². The molecule has 0 spiro atoms. The number of hydrogen-bond acceptors (Lipinski definition) is 4. The number of halogens is 1. The molecule has 0 aliphatic heterocycles. The number of nitriles is 1. The van der Waals surface area contributed by atoms with Gasteiger partial charge in [-0.2, -0.15) is 5.26 Å². The normalized spacial score (nSPS) is 9.90. The highest BCUT2D eigenvalue weighted by Crippen LogP contribution is 2.22. The van der Waals surface area contributed by atoms with Crippen LogP contribution in [0.3, 0.4) is 0 Å². The molecule has 0 aromatic heterocycles. The quantitative estimate of drug-likeness (QED) is 0.675. The number of nitrogens with one attached hydrogen (secondary N) is 1. The average molecular weight is 285 g/mol. The van der Waals surface area contributed by atoms with E-state index in [0.29, 0.717) is 18.7 Å². The van der Waals surface area contributed by atoms with E-state index in [4.69, 9.17) is 5.26 Å². The summed E-state index contributed by atoms with van der Waals surface area (Å²) >= 11 is 0. The lowest BCUT2D eigenvalue weighted by atomic mass is 10.1. The van der Waals surface area contributed by atoms with E-state index in [1.807, 2.05) is 0 Å². The Balaban J connectivity index is 2.00. The van der Waals surface area contributed by atoms with Crippen molar-refractivity contribution in [3.8, 4) is 6.07 Å². The topological polar surface area (TPSA) is 79.0 Å². The maximum Gasteiger partial charge on any atom is 0.289 e. The first-order valence-corrected chi connectivity index (χ1v) is 6.27. The Morgan fingerprint density at radius 3 is 2.57 bits per heavy atom. The zero-order valence-electron chi connectivity index (χ0n) is 11.0. The summed E-state index contributed by atoms with van der Waals surface area (Å²) in [6.07, 6.45) is 0.661. The molecule has 2 aromatic carbocycles. The summed E-state index contributed by atoms with van der Waals surface area (Å²) in [5.41, 5.74) is 1.35. The van der Waals surface area contributed by atoms with Gasteiger partial charge in [0.15, 0.2) is 0 Å². The van der Waals surface area contributed by atoms with Crippen LogP contribution in [0, 0.1) is 27.3 Å². The summed E-state index contributed by atoms with van der Waals surface area (Å²) in [4.78, 5) is 10.3. The second-order valence-electron chi connectivity index (χ2n) is 4.40. The number of nitrogens with zero attached hydrogens (tertiary/aromatic N) is 2. The molecule has 2 rings (SSSR count). The molecule has 6 heteroatoms. The van der Waals surface area contributed by atoms with E-state index in [1.54, 1.807) is 24.3 Å². The molecule has 5 nitrogen and oxygen atoms in total. The largest absolute Gasteiger partial charge is 0.385 e. The van der Waals surface area contributed by atoms with E-state index < -0.39 is 4.92 Å². The lowest BCUT2D eigenvalue weighted by Gasteiger charge is -2.07. The lowest BCUT2D eigenvalue weighted by molar-refractivity contribution is -0.385. The van der Waals surface area contributed by atoms with Crippen molar-refractivity contribution >= 4 is 11.4 Å². The number of rotatable bonds is 5. The Morgan fingerprint density at radius 1 is 1.24 bits per heavy atom. The van der Waals surface area contributed by atoms with Gasteiger partial charge in [0.05, 0.1) is 4.92 Å². The van der Waals surface area contributed by atoms with Gasteiger partial charge in [0.1, 0.15) is 17.4 Å². The second kappa shape index (κ2) is 6.48. The molecule has 0 bridgehead atoms. The van der Waals surface area contributed by atoms with E-state index in [-0.39, 0.29) is 17.1 Å². The molecule has 0 aliphatic rings. The van der Waals surface area contributed by atoms with E-state index >= 15 is 0 Å². The summed E-state index contributed by atoms with van der Waals surface area (Å²) in [7, 11) is 0. The lowest BCUT2D eigenvalue weighted by Crippen LogP contribution is -2.05. The highest BCUT2D eigenvalue weighted by Gasteiger charge is 2.13. The molecule has 2 aromatic rings. The molecule has 0 saturated carbocycles. The van der Waals surface area contributed by atoms with Crippen molar-refractivity contribution in [1.29, 1.82) is 5.26 Å². The molecule has 106 valence electrons. The highest BCUT2D eigenvalue weighted by atomic mass is 19.1. The van der Waals surface area contributed by atoms with Crippen LogP contribution < -0.4 is 5.32 Å². The zero-order valence-corrected chi connectivity index (χ0v) is 11.0. The van der Waals surface area contributed by atoms with Crippen LogP contribution in [-0.4, -0.2) is 11.5 Å². The third kappa shape index (κ3) is 3.76. The van der Waals surface area contributed by atoms with Gasteiger partial charge < -0.3 is 5.32 Å². The van der Waals surface area contributed by atoms with Gasteiger partial charge in [0.25, 0.3) is 5.69 Å². The van der Waals surface area contributed by atoms with E-state index in [1.165, 1.54) is 24.3 Å². The minimum atomic E-state index is -0.580. The number of anilines is 1. The minimum Gasteiger partial charge on any atom is -0.385 e. The maximum atomic E-state index is 12.8. The molecular formula is C15H12FN3O2. The Hall–Kier alpha value is -2.94. The van der Waals surface area contributed by atoms with Gasteiger partial charge in [-0.05, 0) is 36.2 Å². The highest BCUT2D eigenvalue weighted by molar-refractivity contribution is 5.59. The fourth-order valence-corrected chi connectivity index (χ4v) is 1.89. The summed E-state index contributed by atoms with van der Waals surface area (Å²) in [5, 5.41) is 22.7. The second-order valence-corrected chi connectivity index (χ2v) is 4.40. The van der Waals surface area contributed by atoms with Gasteiger partial charge in [-0.1, -0.05) is 12.1 Å². The number of benzene rings is 2. The maximum absolute atomic E-state index is 12.8. The van der Waals surface area contributed by atoms with Crippen LogP contribution in [0.1, 0.15) is 11.1 Å². The van der Waals surface area contributed by atoms with Crippen LogP contribution in [0.2, 0.25) is 0 Å². The van der Waals surface area contributed by atoms with Crippen LogP contribution in [0.25, 0.3) is 0 Å². The molecule has 0 amide bonds. The third-order valence-corrected chi connectivity index (χ3v) is 2.97. The fourth-order valence-electron chi connectivity index (χ4n) is 1.89. The van der Waals surface area contributed by atoms with Crippen molar-refractivity contribution in [2.75, 3.05) is 11.9 Å². The minimum absolute atomic E-state index is 0.0316. The first-order valence-electron chi connectivity index (χ1n) is 6.27. The van der Waals surface area contributed by atoms with E-state index in [2.05, 4.69) is 5.32 Å². The molecule has 0 unspecified atom stereocenters. The number of nitro groups is 1. The first kappa shape index (κ1) is 14.5. The SMILES string of the molecule is N#Cc1ccc(NCCc2ccc(F)cc2)cc1[N+](=O)[O-]. The summed E-state index contributed by atoms with van der Waals surface area (Å²) in [6.45, 7) is 0.550. The Bertz CT molecular complexity index is 693. The standard InChI is InChI=1S/C15H12FN3O2/c16-13-4-1-11(2-5-13)7-8-18-14-6-3-12(10-17)15(9-14)19(20)21/h1-6,9,18H,7-8H2. The number of hydrogen-bond donors (Lipinski definition) is 1. The molecule has 0 aliphatic carbocycles. The van der Waals surface area contributed by atoms with Gasteiger partial charge in [-0.3, -0.25) is 10.1 Å². The van der Waals surface area contributed by atoms with Crippen molar-refractivity contribution in [2.24, 2.45) is 0 Å². The first-order chi connectivity index (χ1) is 10.1. The van der Waals surface area contributed by atoms with Crippen LogP contribution >= 0.6 is 0 Å². The van der Waals surface area contributed by atoms with E-state index in [9.17, 15) is 14.5 Å². The van der Waals surface area contributed by atoms with Gasteiger partial charge in [0.2, 0.25) is 0 Å². The molecular weight excluding hydrogens is 273 g/mol. The van der Waals surface area contributed by atoms with Crippen LogP contribution in [0.15, 0.2) is 42.5 Å². The average Bonchev–Trinajstić information content (AvgIpc) is 2.49. The zero-order chi connectivity index (χ0) is 15.2. The molecule has 21 heavy (non-hydrogen) atoms. The van der Waals surface area contributed by atoms with Crippen molar-refractivity contribution in [3.05, 3.63) is 69.5 Å². The van der Waals surface area contributed by atoms with Crippen molar-refractivity contribution in [2.45, 2.75) is 6.42 Å². The number of nitro benzene ring substituents is 1. The van der Waals surface area contributed by atoms with Gasteiger partial charge in [-0.15, -0.1) is 0 Å². The van der Waals surface area contributed by atoms with Crippen molar-refractivity contribution < 1.29 is 9.31 Å². The van der Waals surface area contributed by atoms with Crippen molar-refractivity contribution in [3.63, 3.8) is 0 Å². The van der Waals surface area contributed by atoms with E-state index in [0.717, 1.165) is 5.56 Å². The van der Waals surface area contributed by atoms with Gasteiger partial charge in [-0.25, -0.2) is 4.39 Å². The summed E-state index contributed by atoms with van der Waals surface area (Å²) in [6, 6.07) is 12.3. The third-order valence-electron chi connectivity index (χ3n) is 2.97. The molecule has 0 saturated heterocycles. The van der Waals surface area contributed by atoms with Crippen LogP contribution in [0.5, 0.6) is 0 Å². The fraction of sp³-hybridized carbons (Fsp3) is 0.133. The van der Waals surface area contributed by atoms with Crippen molar-refractivity contribution in [1.82, 2.24) is 0 Å².